The van der Waals surface area contributed by atoms with E-state index in [-0.39, 0.29) is 16.4 Å². The Labute approximate surface area is 189 Å². The number of hydrogen-bond acceptors (Lipinski definition) is 9. The Hall–Kier alpha value is -2.24. The molecule has 2 saturated heterocycles. The van der Waals surface area contributed by atoms with Crippen molar-refractivity contribution in [1.29, 1.82) is 0 Å². The van der Waals surface area contributed by atoms with E-state index >= 15 is 0 Å². The Bertz CT molecular complexity index is 1190. The molecular formula is C21H28N4O5S2. The third-order valence-corrected chi connectivity index (χ3v) is 10.5. The molecule has 2 aromatic rings. The average Bonchev–Trinajstić information content (AvgIpc) is 3.12. The molecule has 2 aliphatic heterocycles. The largest absolute Gasteiger partial charge is 0.496 e. The van der Waals surface area contributed by atoms with Crippen LogP contribution in [-0.2, 0) is 19.7 Å². The van der Waals surface area contributed by atoms with Crippen LogP contribution in [0.2, 0.25) is 0 Å². The van der Waals surface area contributed by atoms with Crippen molar-refractivity contribution in [2.45, 2.75) is 30.0 Å². The fourth-order valence-electron chi connectivity index (χ4n) is 4.59. The fraction of sp³-hybridized carbons (Fsp3) is 0.524. The second kappa shape index (κ2) is 8.60. The van der Waals surface area contributed by atoms with Gasteiger partial charge in [0, 0.05) is 44.6 Å². The minimum atomic E-state index is -3.87. The Morgan fingerprint density at radius 3 is 2.28 bits per heavy atom. The van der Waals surface area contributed by atoms with Crippen LogP contribution in [0.15, 0.2) is 35.5 Å². The van der Waals surface area contributed by atoms with Gasteiger partial charge in [-0.15, -0.1) is 0 Å². The molecule has 0 saturated carbocycles. The van der Waals surface area contributed by atoms with Crippen LogP contribution in [0.25, 0.3) is 0 Å². The van der Waals surface area contributed by atoms with E-state index < -0.39 is 31.0 Å². The molecule has 11 heteroatoms. The first-order chi connectivity index (χ1) is 15.1. The lowest BCUT2D eigenvalue weighted by Gasteiger charge is -2.39. The first-order valence-electron chi connectivity index (χ1n) is 10.5. The van der Waals surface area contributed by atoms with Crippen LogP contribution in [-0.4, -0.2) is 87.8 Å². The zero-order valence-electron chi connectivity index (χ0n) is 18.4. The number of nitrogens with zero attached hydrogens (tertiary/aromatic N) is 4. The van der Waals surface area contributed by atoms with Crippen molar-refractivity contribution < 1.29 is 21.6 Å². The molecule has 0 aliphatic carbocycles. The van der Waals surface area contributed by atoms with Gasteiger partial charge in [-0.25, -0.2) is 26.8 Å². The van der Waals surface area contributed by atoms with Gasteiger partial charge in [0.2, 0.25) is 5.95 Å². The van der Waals surface area contributed by atoms with Gasteiger partial charge >= 0.3 is 0 Å². The van der Waals surface area contributed by atoms with Gasteiger partial charge in [0.15, 0.2) is 19.7 Å². The second-order valence-electron chi connectivity index (χ2n) is 8.39. The van der Waals surface area contributed by atoms with Crippen LogP contribution < -0.4 is 9.64 Å². The Morgan fingerprint density at radius 2 is 1.66 bits per heavy atom. The number of ether oxygens (including phenoxy) is 1. The summed E-state index contributed by atoms with van der Waals surface area (Å²) in [4.78, 5) is 12.7. The second-order valence-corrected chi connectivity index (χ2v) is 12.7. The van der Waals surface area contributed by atoms with Crippen molar-refractivity contribution in [2.75, 3.05) is 49.7 Å². The molecule has 0 radical (unpaired) electrons. The number of aromatic nitrogens is 2. The fourth-order valence-corrected chi connectivity index (χ4v) is 9.73. The summed E-state index contributed by atoms with van der Waals surface area (Å²) in [5.41, 5.74) is 1.26. The minimum Gasteiger partial charge on any atom is -0.496 e. The molecule has 0 amide bonds. The zero-order valence-corrected chi connectivity index (χ0v) is 20.1. The number of piperazine rings is 1. The van der Waals surface area contributed by atoms with E-state index in [1.165, 1.54) is 7.11 Å². The smallest absolute Gasteiger partial charge is 0.225 e. The molecule has 0 unspecified atom stereocenters. The third kappa shape index (κ3) is 4.33. The molecule has 1 aromatic carbocycles. The lowest BCUT2D eigenvalue weighted by Crippen LogP contribution is -2.55. The number of hydrogen-bond donors (Lipinski definition) is 0. The molecule has 2 atom stereocenters. The van der Waals surface area contributed by atoms with Crippen LogP contribution in [0.4, 0.5) is 5.95 Å². The lowest BCUT2D eigenvalue weighted by molar-refractivity contribution is 0.201. The summed E-state index contributed by atoms with van der Waals surface area (Å²) in [5, 5.41) is -1.00. The van der Waals surface area contributed by atoms with Gasteiger partial charge in [0.05, 0.1) is 28.8 Å². The Balaban J connectivity index is 1.60. The van der Waals surface area contributed by atoms with Crippen LogP contribution >= 0.6 is 0 Å². The van der Waals surface area contributed by atoms with E-state index in [1.54, 1.807) is 44.4 Å². The molecule has 174 valence electrons. The number of anilines is 1. The van der Waals surface area contributed by atoms with Gasteiger partial charge in [0.25, 0.3) is 0 Å². The number of sulfone groups is 2. The van der Waals surface area contributed by atoms with E-state index in [4.69, 9.17) is 4.74 Å². The molecule has 32 heavy (non-hydrogen) atoms. The van der Waals surface area contributed by atoms with Crippen LogP contribution in [0.5, 0.6) is 5.75 Å². The summed E-state index contributed by atoms with van der Waals surface area (Å²) in [6.07, 6.45) is 3.36. The van der Waals surface area contributed by atoms with Crippen molar-refractivity contribution in [3.63, 3.8) is 0 Å². The van der Waals surface area contributed by atoms with Gasteiger partial charge in [-0.2, -0.15) is 0 Å². The van der Waals surface area contributed by atoms with Crippen molar-refractivity contribution in [1.82, 2.24) is 14.9 Å². The molecule has 4 rings (SSSR count). The topological polar surface area (TPSA) is 110 Å². The van der Waals surface area contributed by atoms with Crippen molar-refractivity contribution in [2.24, 2.45) is 0 Å². The Morgan fingerprint density at radius 1 is 1.00 bits per heavy atom. The highest BCUT2D eigenvalue weighted by Crippen LogP contribution is 2.33. The maximum Gasteiger partial charge on any atom is 0.225 e. The van der Waals surface area contributed by atoms with E-state index in [2.05, 4.69) is 9.97 Å². The van der Waals surface area contributed by atoms with E-state index in [0.29, 0.717) is 49.0 Å². The molecule has 0 spiro atoms. The summed E-state index contributed by atoms with van der Waals surface area (Å²) in [7, 11) is -5.80. The van der Waals surface area contributed by atoms with Crippen LogP contribution in [0, 0.1) is 13.8 Å². The normalized spacial score (nSPS) is 23.9. The summed E-state index contributed by atoms with van der Waals surface area (Å²) < 4.78 is 57.8. The van der Waals surface area contributed by atoms with Crippen LogP contribution in [0.1, 0.15) is 11.1 Å². The van der Waals surface area contributed by atoms with Gasteiger partial charge < -0.3 is 9.64 Å². The molecule has 0 bridgehead atoms. The first-order valence-corrected chi connectivity index (χ1v) is 13.8. The highest BCUT2D eigenvalue weighted by molar-refractivity contribution is 7.96. The van der Waals surface area contributed by atoms with Gasteiger partial charge in [-0.3, -0.25) is 4.90 Å². The molecular weight excluding hydrogens is 452 g/mol. The maximum absolute atomic E-state index is 13.7. The van der Waals surface area contributed by atoms with Crippen molar-refractivity contribution >= 4 is 25.6 Å². The predicted octanol–water partition coefficient (Wildman–Crippen LogP) is 0.864. The quantitative estimate of drug-likeness (QED) is 0.615. The zero-order chi connectivity index (χ0) is 23.1. The van der Waals surface area contributed by atoms with Crippen molar-refractivity contribution in [3.05, 3.63) is 41.7 Å². The van der Waals surface area contributed by atoms with Crippen LogP contribution in [0.3, 0.4) is 0 Å². The number of rotatable bonds is 5. The minimum absolute atomic E-state index is 0.146. The molecule has 3 heterocycles. The first kappa shape index (κ1) is 22.9. The summed E-state index contributed by atoms with van der Waals surface area (Å²) in [6.45, 7) is 5.80. The van der Waals surface area contributed by atoms with Gasteiger partial charge in [-0.1, -0.05) is 0 Å². The molecule has 1 aromatic heterocycles. The third-order valence-electron chi connectivity index (χ3n) is 6.29. The number of methoxy groups -OCH3 is 1. The van der Waals surface area contributed by atoms with Gasteiger partial charge in [0.1, 0.15) is 5.75 Å². The Kier molecular flexibility index (Phi) is 6.17. The molecule has 9 nitrogen and oxygen atoms in total. The monoisotopic (exact) mass is 480 g/mol. The molecule has 0 N–H and O–H groups in total. The van der Waals surface area contributed by atoms with Crippen molar-refractivity contribution in [3.8, 4) is 5.75 Å². The predicted molar refractivity (Wildman–Crippen MR) is 122 cm³/mol. The van der Waals surface area contributed by atoms with E-state index in [0.717, 1.165) is 0 Å². The average molecular weight is 481 g/mol. The number of benzene rings is 1. The summed E-state index contributed by atoms with van der Waals surface area (Å²) in [5.74, 6) is 0.732. The van der Waals surface area contributed by atoms with Gasteiger partial charge in [-0.05, 0) is 43.2 Å². The molecule has 2 fully saturated rings. The standard InChI is InChI=1S/C21H28N4O5S2/c1-15-12-19(16(2)11-18(15)30-3)32(28,29)20-14-31(26,27)13-17(20)24-7-9-25(10-8-24)21-22-5-4-6-23-21/h4-6,11-12,17,20H,7-10,13-14H2,1-3H3/t17-,20-/m0/s1. The highest BCUT2D eigenvalue weighted by atomic mass is 32.2. The van der Waals surface area contributed by atoms with E-state index in [1.807, 2.05) is 9.80 Å². The molecule has 2 aliphatic rings. The summed E-state index contributed by atoms with van der Waals surface area (Å²) in [6, 6.07) is 4.46. The summed E-state index contributed by atoms with van der Waals surface area (Å²) >= 11 is 0. The maximum atomic E-state index is 13.7. The SMILES string of the molecule is COc1cc(C)c(S(=O)(=O)[C@H]2CS(=O)(=O)C[C@@H]2N2CCN(c3ncccn3)CC2)cc1C. The van der Waals surface area contributed by atoms with E-state index in [9.17, 15) is 16.8 Å². The lowest BCUT2D eigenvalue weighted by atomic mass is 10.1. The highest BCUT2D eigenvalue weighted by Gasteiger charge is 2.49. The number of aryl methyl sites for hydroxylation is 2.